The maximum absolute atomic E-state index is 13.0. The van der Waals surface area contributed by atoms with Crippen molar-refractivity contribution in [2.75, 3.05) is 27.2 Å². The van der Waals surface area contributed by atoms with Crippen molar-refractivity contribution in [1.29, 1.82) is 0 Å². The molecular weight excluding hydrogens is 342 g/mol. The number of imide groups is 1. The number of aliphatic imine (C=N–C) groups is 1. The highest BCUT2D eigenvalue weighted by Crippen LogP contribution is 2.26. The van der Waals surface area contributed by atoms with Crippen molar-refractivity contribution in [3.05, 3.63) is 35.9 Å². The fourth-order valence-corrected chi connectivity index (χ4v) is 3.99. The van der Waals surface area contributed by atoms with Crippen LogP contribution in [0.25, 0.3) is 0 Å². The molecule has 2 saturated heterocycles. The number of hydrogen-bond donors (Lipinski definition) is 0. The van der Waals surface area contributed by atoms with E-state index in [2.05, 4.69) is 28.5 Å². The molecule has 7 nitrogen and oxygen atoms in total. The largest absolute Gasteiger partial charge is 0.392 e. The predicted octanol–water partition coefficient (Wildman–Crippen LogP) is 1.59. The molecule has 1 atom stereocenters. The van der Waals surface area contributed by atoms with Gasteiger partial charge in [0.1, 0.15) is 0 Å². The molecule has 0 spiro atoms. The Morgan fingerprint density at radius 2 is 1.74 bits per heavy atom. The quantitative estimate of drug-likeness (QED) is 0.745. The van der Waals surface area contributed by atoms with Crippen molar-refractivity contribution in [3.63, 3.8) is 0 Å². The van der Waals surface area contributed by atoms with Gasteiger partial charge in [0.2, 0.25) is 11.9 Å². The number of amidine groups is 1. The number of likely N-dealkylation sites (N-methyl/N-ethyl adjacent to an activating group) is 2. The van der Waals surface area contributed by atoms with Crippen LogP contribution < -0.4 is 0 Å². The molecule has 3 amide bonds. The summed E-state index contributed by atoms with van der Waals surface area (Å²) >= 11 is 0. The van der Waals surface area contributed by atoms with Crippen LogP contribution in [0, 0.1) is 5.92 Å². The van der Waals surface area contributed by atoms with Gasteiger partial charge in [0.05, 0.1) is 19.6 Å². The third-order valence-electron chi connectivity index (χ3n) is 5.77. The molecule has 0 bridgehead atoms. The van der Waals surface area contributed by atoms with Gasteiger partial charge < -0.3 is 0 Å². The zero-order valence-electron chi connectivity index (χ0n) is 16.1. The Hall–Kier alpha value is -2.70. The van der Waals surface area contributed by atoms with Crippen LogP contribution in [0.5, 0.6) is 0 Å². The summed E-state index contributed by atoms with van der Waals surface area (Å²) in [7, 11) is 3.23. The zero-order valence-corrected chi connectivity index (χ0v) is 16.1. The molecule has 3 heterocycles. The third-order valence-corrected chi connectivity index (χ3v) is 5.77. The Labute approximate surface area is 159 Å². The molecule has 1 aromatic carbocycles. The maximum Gasteiger partial charge on any atom is 0.392 e. The second kappa shape index (κ2) is 6.79. The number of guanidine groups is 1. The fourth-order valence-electron chi connectivity index (χ4n) is 3.99. The normalized spacial score (nSPS) is 25.9. The van der Waals surface area contributed by atoms with E-state index in [1.807, 2.05) is 18.2 Å². The number of piperidine rings is 1. The van der Waals surface area contributed by atoms with Gasteiger partial charge in [0, 0.05) is 14.1 Å². The van der Waals surface area contributed by atoms with Crippen LogP contribution in [0.3, 0.4) is 0 Å². The second-order valence-corrected chi connectivity index (χ2v) is 7.69. The molecule has 3 aliphatic rings. The lowest BCUT2D eigenvalue weighted by Crippen LogP contribution is -2.62. The SMILES string of the molecule is CC1CC[N+](=C2N=C3C(C(=O)N(C)C(=O)N3C)N2Cc2ccccc2)CC1. The number of hydrogen-bond acceptors (Lipinski definition) is 2. The van der Waals surface area contributed by atoms with Crippen LogP contribution >= 0.6 is 0 Å². The fraction of sp³-hybridized carbons (Fsp3) is 0.500. The monoisotopic (exact) mass is 368 g/mol. The van der Waals surface area contributed by atoms with E-state index in [1.165, 1.54) is 9.80 Å². The minimum absolute atomic E-state index is 0.215. The van der Waals surface area contributed by atoms with Crippen molar-refractivity contribution in [2.24, 2.45) is 10.9 Å². The smallest absolute Gasteiger partial charge is 0.270 e. The van der Waals surface area contributed by atoms with E-state index >= 15 is 0 Å². The average molecular weight is 368 g/mol. The number of benzene rings is 1. The second-order valence-electron chi connectivity index (χ2n) is 7.69. The van der Waals surface area contributed by atoms with Gasteiger partial charge in [-0.3, -0.25) is 19.2 Å². The van der Waals surface area contributed by atoms with Gasteiger partial charge in [0.15, 0.2) is 0 Å². The predicted molar refractivity (Wildman–Crippen MR) is 103 cm³/mol. The molecular formula is C20H26N5O2+. The first-order chi connectivity index (χ1) is 13.0. The Bertz CT molecular complexity index is 822. The van der Waals surface area contributed by atoms with Crippen LogP contribution in [0.4, 0.5) is 4.79 Å². The number of amides is 3. The lowest BCUT2D eigenvalue weighted by molar-refractivity contribution is -0.545. The highest BCUT2D eigenvalue weighted by atomic mass is 16.2. The molecule has 27 heavy (non-hydrogen) atoms. The van der Waals surface area contributed by atoms with Gasteiger partial charge in [-0.15, -0.1) is 0 Å². The molecule has 1 aromatic rings. The number of carbonyl (C=O) groups excluding carboxylic acids is 2. The van der Waals surface area contributed by atoms with Gasteiger partial charge in [0.25, 0.3) is 5.91 Å². The van der Waals surface area contributed by atoms with Crippen LogP contribution in [0.1, 0.15) is 25.3 Å². The van der Waals surface area contributed by atoms with Crippen molar-refractivity contribution >= 4 is 23.7 Å². The average Bonchev–Trinajstić information content (AvgIpc) is 3.05. The van der Waals surface area contributed by atoms with E-state index in [-0.39, 0.29) is 11.9 Å². The summed E-state index contributed by atoms with van der Waals surface area (Å²) in [5.41, 5.74) is 1.12. The lowest BCUT2D eigenvalue weighted by atomic mass is 10.0. The molecule has 7 heteroatoms. The van der Waals surface area contributed by atoms with E-state index < -0.39 is 6.04 Å². The molecule has 3 aliphatic heterocycles. The van der Waals surface area contributed by atoms with Gasteiger partial charge in [-0.2, -0.15) is 0 Å². The Kier molecular flexibility index (Phi) is 4.45. The number of fused-ring (bicyclic) bond motifs is 1. The third kappa shape index (κ3) is 3.01. The standard InChI is InChI=1S/C20H26N5O2/c1-14-9-11-24(12-10-14)19-21-17-16(18(26)23(3)20(27)22(17)2)25(19)13-15-7-5-4-6-8-15/h4-8,14,16H,9-13H2,1-3H3/q+1. The Balaban J connectivity index is 1.76. The molecule has 0 radical (unpaired) electrons. The molecule has 1 unspecified atom stereocenters. The summed E-state index contributed by atoms with van der Waals surface area (Å²) in [6, 6.07) is 9.22. The summed E-state index contributed by atoms with van der Waals surface area (Å²) in [6.45, 7) is 4.70. The van der Waals surface area contributed by atoms with Gasteiger partial charge >= 0.3 is 12.0 Å². The molecule has 0 saturated carbocycles. The summed E-state index contributed by atoms with van der Waals surface area (Å²) in [6.07, 6.45) is 2.22. The highest BCUT2D eigenvalue weighted by molar-refractivity contribution is 6.25. The van der Waals surface area contributed by atoms with E-state index in [0.29, 0.717) is 18.3 Å². The van der Waals surface area contributed by atoms with E-state index in [0.717, 1.165) is 37.5 Å². The maximum atomic E-state index is 13.0. The molecule has 2 fully saturated rings. The highest BCUT2D eigenvalue weighted by Gasteiger charge is 2.55. The molecule has 142 valence electrons. The lowest BCUT2D eigenvalue weighted by Gasteiger charge is -2.33. The Morgan fingerprint density at radius 3 is 2.41 bits per heavy atom. The first-order valence-corrected chi connectivity index (χ1v) is 9.53. The van der Waals surface area contributed by atoms with E-state index in [9.17, 15) is 9.59 Å². The van der Waals surface area contributed by atoms with Crippen molar-refractivity contribution in [2.45, 2.75) is 32.4 Å². The summed E-state index contributed by atoms with van der Waals surface area (Å²) in [4.78, 5) is 34.9. The number of rotatable bonds is 2. The Morgan fingerprint density at radius 1 is 1.07 bits per heavy atom. The van der Waals surface area contributed by atoms with E-state index in [1.54, 1.807) is 14.1 Å². The molecule has 4 rings (SSSR count). The van der Waals surface area contributed by atoms with Crippen molar-refractivity contribution in [3.8, 4) is 0 Å². The summed E-state index contributed by atoms with van der Waals surface area (Å²) < 4.78 is 2.26. The van der Waals surface area contributed by atoms with Crippen LogP contribution in [0.2, 0.25) is 0 Å². The molecule has 0 N–H and O–H groups in total. The van der Waals surface area contributed by atoms with Crippen molar-refractivity contribution < 1.29 is 14.2 Å². The molecule has 0 aromatic heterocycles. The topological polar surface area (TPSA) is 59.2 Å². The number of nitrogens with zero attached hydrogens (tertiary/aromatic N) is 5. The number of carbonyl (C=O) groups is 2. The van der Waals surface area contributed by atoms with Crippen LogP contribution in [-0.4, -0.2) is 76.2 Å². The first-order valence-electron chi connectivity index (χ1n) is 9.53. The zero-order chi connectivity index (χ0) is 19.1. The summed E-state index contributed by atoms with van der Waals surface area (Å²) in [5, 5.41) is 0. The van der Waals surface area contributed by atoms with Gasteiger partial charge in [-0.1, -0.05) is 42.2 Å². The van der Waals surface area contributed by atoms with Gasteiger partial charge in [-0.05, 0) is 24.3 Å². The van der Waals surface area contributed by atoms with Crippen LogP contribution in [-0.2, 0) is 11.3 Å². The molecule has 0 aliphatic carbocycles. The first kappa shape index (κ1) is 17.7. The van der Waals surface area contributed by atoms with E-state index in [4.69, 9.17) is 4.99 Å². The number of urea groups is 1. The summed E-state index contributed by atoms with van der Waals surface area (Å²) in [5.74, 6) is 1.84. The van der Waals surface area contributed by atoms with Crippen molar-refractivity contribution in [1.82, 2.24) is 14.7 Å². The minimum atomic E-state index is -0.549. The van der Waals surface area contributed by atoms with Crippen LogP contribution in [0.15, 0.2) is 35.3 Å². The minimum Gasteiger partial charge on any atom is -0.270 e. The van der Waals surface area contributed by atoms with Gasteiger partial charge in [-0.25, -0.2) is 9.69 Å².